The Kier molecular flexibility index (Phi) is 5.91. The van der Waals surface area contributed by atoms with E-state index in [1.807, 2.05) is 6.92 Å². The molecule has 3 aromatic carbocycles. The summed E-state index contributed by atoms with van der Waals surface area (Å²) in [5.74, 6) is -1.72. The fourth-order valence-corrected chi connectivity index (χ4v) is 4.09. The Labute approximate surface area is 195 Å². The molecule has 4 rings (SSSR count). The van der Waals surface area contributed by atoms with Crippen LogP contribution in [-0.4, -0.2) is 31.4 Å². The first kappa shape index (κ1) is 22.7. The highest BCUT2D eigenvalue weighted by molar-refractivity contribution is 7.87. The summed E-state index contributed by atoms with van der Waals surface area (Å²) in [6.07, 6.45) is 1.27. The number of nitrogens with zero attached hydrogens (tertiary/aromatic N) is 1. The lowest BCUT2D eigenvalue weighted by molar-refractivity contribution is -0.122. The van der Waals surface area contributed by atoms with Gasteiger partial charge in [-0.15, -0.1) is 0 Å². The van der Waals surface area contributed by atoms with Crippen LogP contribution in [0, 0.1) is 6.92 Å². The number of rotatable bonds is 5. The van der Waals surface area contributed by atoms with Crippen LogP contribution in [0.3, 0.4) is 0 Å². The zero-order chi connectivity index (χ0) is 24.5. The molecule has 0 bridgehead atoms. The maximum atomic E-state index is 12.9. The molecule has 1 saturated heterocycles. The summed E-state index contributed by atoms with van der Waals surface area (Å²) >= 11 is 0. The van der Waals surface area contributed by atoms with Crippen molar-refractivity contribution in [2.75, 3.05) is 4.90 Å². The largest absolute Gasteiger partial charge is 0.508 e. The van der Waals surface area contributed by atoms with Crippen molar-refractivity contribution >= 4 is 39.7 Å². The summed E-state index contributed by atoms with van der Waals surface area (Å²) in [6, 6.07) is 16.3. The number of aromatic hydroxyl groups is 1. The molecule has 0 unspecified atom stereocenters. The van der Waals surface area contributed by atoms with Gasteiger partial charge in [-0.1, -0.05) is 29.8 Å². The summed E-state index contributed by atoms with van der Waals surface area (Å²) in [4.78, 5) is 38.2. The number of imide groups is 2. The molecule has 3 aromatic rings. The number of carbonyl (C=O) groups is 3. The van der Waals surface area contributed by atoms with Gasteiger partial charge in [0.15, 0.2) is 0 Å². The monoisotopic (exact) mass is 478 g/mol. The Morgan fingerprint density at radius 2 is 1.50 bits per heavy atom. The number of nitrogens with one attached hydrogen (secondary N) is 1. The third-order valence-electron chi connectivity index (χ3n) is 4.92. The fourth-order valence-electron chi connectivity index (χ4n) is 3.16. The van der Waals surface area contributed by atoms with Gasteiger partial charge in [-0.3, -0.25) is 14.9 Å². The molecule has 0 aliphatic carbocycles. The molecular weight excluding hydrogens is 460 g/mol. The molecular formula is C24H18N2O7S. The first-order chi connectivity index (χ1) is 16.1. The van der Waals surface area contributed by atoms with Crippen molar-refractivity contribution in [3.8, 4) is 11.5 Å². The summed E-state index contributed by atoms with van der Waals surface area (Å²) < 4.78 is 30.0. The lowest BCUT2D eigenvalue weighted by atomic mass is 10.1. The molecule has 1 aliphatic rings. The predicted molar refractivity (Wildman–Crippen MR) is 123 cm³/mol. The van der Waals surface area contributed by atoms with Crippen molar-refractivity contribution in [2.45, 2.75) is 11.8 Å². The minimum absolute atomic E-state index is 0.00718. The van der Waals surface area contributed by atoms with E-state index >= 15 is 0 Å². The van der Waals surface area contributed by atoms with E-state index < -0.39 is 28.0 Å². The Morgan fingerprint density at radius 3 is 2.12 bits per heavy atom. The molecule has 1 heterocycles. The van der Waals surface area contributed by atoms with Crippen LogP contribution in [0.2, 0.25) is 0 Å². The number of hydrogen-bond acceptors (Lipinski definition) is 7. The molecule has 4 amide bonds. The smallest absolute Gasteiger partial charge is 0.339 e. The van der Waals surface area contributed by atoms with E-state index in [4.69, 9.17) is 4.18 Å². The number of amides is 4. The van der Waals surface area contributed by atoms with Gasteiger partial charge < -0.3 is 9.29 Å². The van der Waals surface area contributed by atoms with Crippen LogP contribution in [0.1, 0.15) is 11.1 Å². The van der Waals surface area contributed by atoms with Crippen molar-refractivity contribution in [3.05, 3.63) is 89.5 Å². The van der Waals surface area contributed by atoms with E-state index in [1.165, 1.54) is 66.7 Å². The number of benzene rings is 3. The molecule has 1 fully saturated rings. The summed E-state index contributed by atoms with van der Waals surface area (Å²) in [6.45, 7) is 1.83. The van der Waals surface area contributed by atoms with Gasteiger partial charge in [0, 0.05) is 0 Å². The minimum Gasteiger partial charge on any atom is -0.508 e. The quantitative estimate of drug-likeness (QED) is 0.327. The van der Waals surface area contributed by atoms with Gasteiger partial charge in [0.25, 0.3) is 11.8 Å². The van der Waals surface area contributed by atoms with Crippen LogP contribution in [-0.2, 0) is 19.7 Å². The summed E-state index contributed by atoms with van der Waals surface area (Å²) in [5, 5.41) is 11.5. The lowest BCUT2D eigenvalue weighted by Gasteiger charge is -2.26. The normalized spacial score (nSPS) is 15.4. The molecule has 0 spiro atoms. The van der Waals surface area contributed by atoms with E-state index in [2.05, 4.69) is 5.32 Å². The van der Waals surface area contributed by atoms with Gasteiger partial charge >= 0.3 is 16.1 Å². The van der Waals surface area contributed by atoms with Crippen LogP contribution in [0.25, 0.3) is 6.08 Å². The van der Waals surface area contributed by atoms with Gasteiger partial charge in [-0.05, 0) is 67.1 Å². The van der Waals surface area contributed by atoms with Crippen LogP contribution in [0.5, 0.6) is 11.5 Å². The van der Waals surface area contributed by atoms with E-state index in [9.17, 15) is 27.9 Å². The highest BCUT2D eigenvalue weighted by Gasteiger charge is 2.36. The number of hydrogen-bond donors (Lipinski definition) is 2. The third kappa shape index (κ3) is 4.66. The highest BCUT2D eigenvalue weighted by atomic mass is 32.2. The number of aryl methyl sites for hydroxylation is 1. The molecule has 0 atom stereocenters. The zero-order valence-corrected chi connectivity index (χ0v) is 18.6. The van der Waals surface area contributed by atoms with Crippen LogP contribution < -0.4 is 14.4 Å². The van der Waals surface area contributed by atoms with E-state index in [0.717, 1.165) is 10.5 Å². The standard InChI is InChI=1S/C24H18N2O7S/c1-15-2-12-20(13-3-15)34(31,32)33-19-10-4-16(5-11-19)14-21-22(28)25-24(30)26(23(21)29)17-6-8-18(27)9-7-17/h2-14,27H,1H3,(H,25,28,30)/b21-14+. The SMILES string of the molecule is Cc1ccc(S(=O)(=O)Oc2ccc(/C=C3\C(=O)NC(=O)N(c4ccc(O)cc4)C3=O)cc2)cc1. The fraction of sp³-hybridized carbons (Fsp3) is 0.0417. The average Bonchev–Trinajstić information content (AvgIpc) is 2.79. The van der Waals surface area contributed by atoms with E-state index in [0.29, 0.717) is 5.56 Å². The minimum atomic E-state index is -4.03. The van der Waals surface area contributed by atoms with Crippen molar-refractivity contribution in [1.82, 2.24) is 5.32 Å². The Balaban J connectivity index is 1.56. The number of urea groups is 1. The lowest BCUT2D eigenvalue weighted by Crippen LogP contribution is -2.54. The number of carbonyl (C=O) groups excluding carboxylic acids is 3. The maximum absolute atomic E-state index is 12.9. The second-order valence-corrected chi connectivity index (χ2v) is 8.94. The van der Waals surface area contributed by atoms with Gasteiger partial charge in [0.05, 0.1) is 5.69 Å². The maximum Gasteiger partial charge on any atom is 0.339 e. The second-order valence-electron chi connectivity index (χ2n) is 7.39. The van der Waals surface area contributed by atoms with Crippen molar-refractivity contribution in [1.29, 1.82) is 0 Å². The molecule has 0 radical (unpaired) electrons. The number of phenols is 1. The molecule has 1 aliphatic heterocycles. The average molecular weight is 478 g/mol. The van der Waals surface area contributed by atoms with Gasteiger partial charge in [0.2, 0.25) is 0 Å². The number of barbiturate groups is 1. The first-order valence-electron chi connectivity index (χ1n) is 9.96. The summed E-state index contributed by atoms with van der Waals surface area (Å²) in [7, 11) is -4.03. The summed E-state index contributed by atoms with van der Waals surface area (Å²) in [5.41, 5.74) is 1.18. The molecule has 9 nitrogen and oxygen atoms in total. The predicted octanol–water partition coefficient (Wildman–Crippen LogP) is 3.13. The Bertz CT molecular complexity index is 1410. The van der Waals surface area contributed by atoms with Crippen LogP contribution in [0.15, 0.2) is 83.3 Å². The first-order valence-corrected chi connectivity index (χ1v) is 11.4. The molecule has 2 N–H and O–H groups in total. The van der Waals surface area contributed by atoms with E-state index in [-0.39, 0.29) is 27.7 Å². The molecule has 0 saturated carbocycles. The zero-order valence-electron chi connectivity index (χ0n) is 17.8. The van der Waals surface area contributed by atoms with Crippen molar-refractivity contribution < 1.29 is 32.1 Å². The molecule has 172 valence electrons. The third-order valence-corrected chi connectivity index (χ3v) is 6.18. The highest BCUT2D eigenvalue weighted by Crippen LogP contribution is 2.25. The number of anilines is 1. The van der Waals surface area contributed by atoms with Gasteiger partial charge in [-0.25, -0.2) is 9.69 Å². The molecule has 0 aromatic heterocycles. The molecule has 10 heteroatoms. The van der Waals surface area contributed by atoms with Crippen LogP contribution in [0.4, 0.5) is 10.5 Å². The van der Waals surface area contributed by atoms with Crippen molar-refractivity contribution in [3.63, 3.8) is 0 Å². The Morgan fingerprint density at radius 1 is 0.882 bits per heavy atom. The second kappa shape index (κ2) is 8.83. The van der Waals surface area contributed by atoms with E-state index in [1.54, 1.807) is 12.1 Å². The molecule has 34 heavy (non-hydrogen) atoms. The topological polar surface area (TPSA) is 130 Å². The van der Waals surface area contributed by atoms with Gasteiger partial charge in [0.1, 0.15) is 22.0 Å². The number of phenolic OH excluding ortho intramolecular Hbond substituents is 1. The van der Waals surface area contributed by atoms with Gasteiger partial charge in [-0.2, -0.15) is 8.42 Å². The van der Waals surface area contributed by atoms with Crippen LogP contribution >= 0.6 is 0 Å². The Hall–Kier alpha value is -4.44. The van der Waals surface area contributed by atoms with Crippen molar-refractivity contribution in [2.24, 2.45) is 0 Å².